The number of carbonyl (C=O) groups is 1. The molecule has 0 aliphatic heterocycles. The van der Waals surface area contributed by atoms with Crippen LogP contribution in [0.2, 0.25) is 0 Å². The molecule has 2 rings (SSSR count). The number of benzene rings is 1. The molecule has 6 heteroatoms. The Morgan fingerprint density at radius 2 is 2.20 bits per heavy atom. The lowest BCUT2D eigenvalue weighted by Crippen LogP contribution is -2.29. The van der Waals surface area contributed by atoms with Gasteiger partial charge in [0.25, 0.3) is 5.91 Å². The van der Waals surface area contributed by atoms with Crippen LogP contribution in [0.1, 0.15) is 17.4 Å². The molecule has 0 fully saturated rings. The van der Waals surface area contributed by atoms with E-state index in [0.717, 1.165) is 4.47 Å². The molecule has 2 N–H and O–H groups in total. The summed E-state index contributed by atoms with van der Waals surface area (Å²) in [5.74, 6) is -0.313. The van der Waals surface area contributed by atoms with Gasteiger partial charge < -0.3 is 15.0 Å². The summed E-state index contributed by atoms with van der Waals surface area (Å²) in [6.07, 6.45) is 0. The van der Waals surface area contributed by atoms with Crippen LogP contribution in [0.3, 0.4) is 0 Å². The van der Waals surface area contributed by atoms with Crippen LogP contribution >= 0.6 is 15.9 Å². The quantitative estimate of drug-likeness (QED) is 0.819. The fourth-order valence-electron chi connectivity index (χ4n) is 1.82. The van der Waals surface area contributed by atoms with Gasteiger partial charge >= 0.3 is 0 Å². The van der Waals surface area contributed by atoms with Crippen molar-refractivity contribution in [2.75, 3.05) is 19.8 Å². The number of rotatable bonds is 5. The van der Waals surface area contributed by atoms with Crippen molar-refractivity contribution in [3.8, 4) is 0 Å². The molecule has 20 heavy (non-hydrogen) atoms. The second kappa shape index (κ2) is 6.67. The Morgan fingerprint density at radius 1 is 1.40 bits per heavy atom. The monoisotopic (exact) mass is 338 g/mol. The van der Waals surface area contributed by atoms with Crippen LogP contribution in [0.5, 0.6) is 0 Å². The fourth-order valence-corrected chi connectivity index (χ4v) is 2.18. The first-order valence-corrected chi connectivity index (χ1v) is 7.09. The molecule has 2 aromatic rings. The van der Waals surface area contributed by atoms with E-state index in [-0.39, 0.29) is 17.0 Å². The van der Waals surface area contributed by atoms with Gasteiger partial charge in [-0.1, -0.05) is 15.9 Å². The van der Waals surface area contributed by atoms with E-state index in [9.17, 15) is 9.59 Å². The lowest BCUT2D eigenvalue weighted by Gasteiger charge is -2.06. The van der Waals surface area contributed by atoms with Gasteiger partial charge in [0.1, 0.15) is 5.69 Å². The molecular formula is C14H15BrN2O3. The zero-order valence-electron chi connectivity index (χ0n) is 11.0. The van der Waals surface area contributed by atoms with Crippen molar-refractivity contribution in [1.82, 2.24) is 10.3 Å². The SMILES string of the molecule is CCOCCNC(=O)c1cc(=O)c2cc(Br)ccc2[nH]1. The van der Waals surface area contributed by atoms with Crippen LogP contribution in [0.15, 0.2) is 33.5 Å². The number of fused-ring (bicyclic) bond motifs is 1. The summed E-state index contributed by atoms with van der Waals surface area (Å²) in [6.45, 7) is 3.36. The summed E-state index contributed by atoms with van der Waals surface area (Å²) in [4.78, 5) is 26.9. The highest BCUT2D eigenvalue weighted by Crippen LogP contribution is 2.15. The zero-order chi connectivity index (χ0) is 14.5. The molecule has 0 bridgehead atoms. The first-order valence-electron chi connectivity index (χ1n) is 6.30. The summed E-state index contributed by atoms with van der Waals surface area (Å²) < 4.78 is 5.96. The van der Waals surface area contributed by atoms with Gasteiger partial charge in [0, 0.05) is 34.6 Å². The lowest BCUT2D eigenvalue weighted by molar-refractivity contribution is 0.0918. The van der Waals surface area contributed by atoms with Crippen molar-refractivity contribution < 1.29 is 9.53 Å². The Balaban J connectivity index is 2.21. The maximum Gasteiger partial charge on any atom is 0.267 e. The maximum absolute atomic E-state index is 12.0. The predicted octanol–water partition coefficient (Wildman–Crippen LogP) is 2.06. The molecule has 1 heterocycles. The van der Waals surface area contributed by atoms with E-state index < -0.39 is 0 Å². The third kappa shape index (κ3) is 3.46. The summed E-state index contributed by atoms with van der Waals surface area (Å²) in [5, 5.41) is 3.24. The Hall–Kier alpha value is -1.66. The summed E-state index contributed by atoms with van der Waals surface area (Å²) in [5.41, 5.74) is 0.701. The molecule has 5 nitrogen and oxygen atoms in total. The van der Waals surface area contributed by atoms with Crippen LogP contribution in [-0.4, -0.2) is 30.6 Å². The number of aromatic amines is 1. The second-order valence-electron chi connectivity index (χ2n) is 4.19. The molecule has 0 aliphatic carbocycles. The van der Waals surface area contributed by atoms with Crippen molar-refractivity contribution in [2.45, 2.75) is 6.92 Å². The van der Waals surface area contributed by atoms with Crippen molar-refractivity contribution in [2.24, 2.45) is 0 Å². The highest BCUT2D eigenvalue weighted by Gasteiger charge is 2.09. The number of hydrogen-bond acceptors (Lipinski definition) is 3. The Morgan fingerprint density at radius 3 is 2.95 bits per heavy atom. The Bertz CT molecular complexity index is 682. The van der Waals surface area contributed by atoms with Crippen LogP contribution in [-0.2, 0) is 4.74 Å². The van der Waals surface area contributed by atoms with E-state index >= 15 is 0 Å². The number of hydrogen-bond donors (Lipinski definition) is 2. The third-order valence-corrected chi connectivity index (χ3v) is 3.27. The summed E-state index contributed by atoms with van der Waals surface area (Å²) in [7, 11) is 0. The number of halogens is 1. The van der Waals surface area contributed by atoms with Crippen LogP contribution in [0.25, 0.3) is 10.9 Å². The number of nitrogens with one attached hydrogen (secondary N) is 2. The van der Waals surface area contributed by atoms with Gasteiger partial charge in [-0.25, -0.2) is 0 Å². The van der Waals surface area contributed by atoms with E-state index in [1.54, 1.807) is 12.1 Å². The van der Waals surface area contributed by atoms with Crippen molar-refractivity contribution in [3.63, 3.8) is 0 Å². The summed E-state index contributed by atoms with van der Waals surface area (Å²) >= 11 is 3.32. The Kier molecular flexibility index (Phi) is 4.92. The minimum Gasteiger partial charge on any atom is -0.380 e. The predicted molar refractivity (Wildman–Crippen MR) is 81.1 cm³/mol. The first kappa shape index (κ1) is 14.7. The van der Waals surface area contributed by atoms with E-state index in [2.05, 4.69) is 26.2 Å². The third-order valence-electron chi connectivity index (χ3n) is 2.77. The first-order chi connectivity index (χ1) is 9.61. The standard InChI is InChI=1S/C14H15BrN2O3/c1-2-20-6-5-16-14(19)12-8-13(18)10-7-9(15)3-4-11(10)17-12/h3-4,7-8H,2,5-6H2,1H3,(H,16,19)(H,17,18). The molecule has 1 aromatic carbocycles. The van der Waals surface area contributed by atoms with Crippen molar-refractivity contribution in [3.05, 3.63) is 44.7 Å². The molecule has 0 saturated heterocycles. The van der Waals surface area contributed by atoms with Gasteiger partial charge in [0.2, 0.25) is 0 Å². The van der Waals surface area contributed by atoms with Crippen molar-refractivity contribution >= 4 is 32.7 Å². The maximum atomic E-state index is 12.0. The average molecular weight is 339 g/mol. The number of aromatic nitrogens is 1. The molecule has 1 amide bonds. The molecule has 1 aromatic heterocycles. The second-order valence-corrected chi connectivity index (χ2v) is 5.11. The van der Waals surface area contributed by atoms with E-state index in [1.807, 2.05) is 13.0 Å². The minimum atomic E-state index is -0.313. The molecule has 0 radical (unpaired) electrons. The van der Waals surface area contributed by atoms with Crippen LogP contribution in [0.4, 0.5) is 0 Å². The van der Waals surface area contributed by atoms with Crippen LogP contribution in [0, 0.1) is 0 Å². The van der Waals surface area contributed by atoms with Gasteiger partial charge in [-0.15, -0.1) is 0 Å². The van der Waals surface area contributed by atoms with Crippen molar-refractivity contribution in [1.29, 1.82) is 0 Å². The van der Waals surface area contributed by atoms with Crippen LogP contribution < -0.4 is 10.7 Å². The molecule has 0 unspecified atom stereocenters. The van der Waals surface area contributed by atoms with Gasteiger partial charge in [-0.05, 0) is 25.1 Å². The van der Waals surface area contributed by atoms with Gasteiger partial charge in [-0.2, -0.15) is 0 Å². The topological polar surface area (TPSA) is 71.2 Å². The number of ether oxygens (including phenoxy) is 1. The molecule has 0 spiro atoms. The van der Waals surface area contributed by atoms with Gasteiger partial charge in [0.15, 0.2) is 5.43 Å². The van der Waals surface area contributed by atoms with Gasteiger partial charge in [0.05, 0.1) is 6.61 Å². The highest BCUT2D eigenvalue weighted by atomic mass is 79.9. The molecule has 0 saturated carbocycles. The number of carbonyl (C=O) groups excluding carboxylic acids is 1. The van der Waals surface area contributed by atoms with E-state index in [0.29, 0.717) is 30.7 Å². The molecule has 0 aliphatic rings. The number of pyridine rings is 1. The smallest absolute Gasteiger partial charge is 0.267 e. The normalized spacial score (nSPS) is 10.7. The summed E-state index contributed by atoms with van der Waals surface area (Å²) in [6, 6.07) is 6.61. The van der Waals surface area contributed by atoms with E-state index in [1.165, 1.54) is 6.07 Å². The fraction of sp³-hybridized carbons (Fsp3) is 0.286. The largest absolute Gasteiger partial charge is 0.380 e. The lowest BCUT2D eigenvalue weighted by atomic mass is 10.2. The molecular weight excluding hydrogens is 324 g/mol. The minimum absolute atomic E-state index is 0.185. The Labute approximate surface area is 124 Å². The number of amides is 1. The number of H-pyrrole nitrogens is 1. The molecule has 106 valence electrons. The zero-order valence-corrected chi connectivity index (χ0v) is 12.6. The average Bonchev–Trinajstić information content (AvgIpc) is 2.44. The highest BCUT2D eigenvalue weighted by molar-refractivity contribution is 9.10. The van der Waals surface area contributed by atoms with E-state index in [4.69, 9.17) is 4.74 Å². The van der Waals surface area contributed by atoms with Gasteiger partial charge in [-0.3, -0.25) is 9.59 Å². The molecule has 0 atom stereocenters.